The van der Waals surface area contributed by atoms with Crippen molar-refractivity contribution < 1.29 is 4.79 Å². The molecule has 0 rings (SSSR count). The Bertz CT molecular complexity index is 130. The third-order valence-electron chi connectivity index (χ3n) is 0.984. The van der Waals surface area contributed by atoms with Gasteiger partial charge in [0.05, 0.1) is 4.83 Å². The van der Waals surface area contributed by atoms with E-state index in [9.17, 15) is 4.79 Å². The van der Waals surface area contributed by atoms with E-state index in [0.717, 1.165) is 5.75 Å². The standard InChI is InChI=1S/C6H12Br2OS/c1-5(9)6(7)4-10(2,3)8/h6H,4H2,1-3H3. The van der Waals surface area contributed by atoms with Gasteiger partial charge in [0.15, 0.2) is 0 Å². The fourth-order valence-corrected chi connectivity index (χ4v) is 5.24. The number of carbonyl (C=O) groups is 1. The number of ketones is 1. The molecule has 0 aliphatic carbocycles. The van der Waals surface area contributed by atoms with E-state index in [0.29, 0.717) is 0 Å². The maximum Gasteiger partial charge on any atom is 0.144 e. The zero-order chi connectivity index (χ0) is 8.36. The highest BCUT2D eigenvalue weighted by Gasteiger charge is 2.16. The summed E-state index contributed by atoms with van der Waals surface area (Å²) in [7, 11) is -0.724. The molecule has 0 aromatic heterocycles. The van der Waals surface area contributed by atoms with Crippen LogP contribution in [0.5, 0.6) is 0 Å². The molecular weight excluding hydrogens is 280 g/mol. The summed E-state index contributed by atoms with van der Waals surface area (Å²) in [6.45, 7) is 1.61. The van der Waals surface area contributed by atoms with Crippen molar-refractivity contribution in [3.05, 3.63) is 0 Å². The molecule has 62 valence electrons. The topological polar surface area (TPSA) is 17.1 Å². The smallest absolute Gasteiger partial charge is 0.144 e. The van der Waals surface area contributed by atoms with Crippen LogP contribution in [0, 0.1) is 0 Å². The van der Waals surface area contributed by atoms with Crippen LogP contribution in [-0.2, 0) is 4.79 Å². The van der Waals surface area contributed by atoms with E-state index in [1.54, 1.807) is 6.92 Å². The van der Waals surface area contributed by atoms with Crippen molar-refractivity contribution in [2.24, 2.45) is 0 Å². The third-order valence-corrected chi connectivity index (χ3v) is 4.30. The molecule has 0 heterocycles. The second kappa shape index (κ2) is 4.12. The van der Waals surface area contributed by atoms with Crippen molar-refractivity contribution in [1.82, 2.24) is 0 Å². The summed E-state index contributed by atoms with van der Waals surface area (Å²) in [5, 5.41) is 0. The average molecular weight is 292 g/mol. The van der Waals surface area contributed by atoms with Crippen LogP contribution < -0.4 is 0 Å². The minimum Gasteiger partial charge on any atom is -0.299 e. The second-order valence-corrected chi connectivity index (χ2v) is 12.2. The van der Waals surface area contributed by atoms with E-state index >= 15 is 0 Å². The Kier molecular flexibility index (Phi) is 4.52. The molecule has 0 N–H and O–H groups in total. The van der Waals surface area contributed by atoms with Gasteiger partial charge in [0, 0.05) is 5.75 Å². The van der Waals surface area contributed by atoms with Crippen LogP contribution in [0.15, 0.2) is 0 Å². The largest absolute Gasteiger partial charge is 0.299 e. The van der Waals surface area contributed by atoms with Gasteiger partial charge in [-0.3, -0.25) is 4.79 Å². The molecule has 0 aromatic carbocycles. The van der Waals surface area contributed by atoms with E-state index in [4.69, 9.17) is 0 Å². The lowest BCUT2D eigenvalue weighted by atomic mass is 10.3. The van der Waals surface area contributed by atoms with Gasteiger partial charge in [-0.2, -0.15) is 8.46 Å². The van der Waals surface area contributed by atoms with Crippen molar-refractivity contribution in [1.29, 1.82) is 0 Å². The number of halogens is 2. The highest BCUT2D eigenvalue weighted by atomic mass is 79.9. The van der Waals surface area contributed by atoms with Gasteiger partial charge in [0.1, 0.15) is 5.78 Å². The molecular formula is C6H12Br2OS. The molecule has 0 spiro atoms. The molecule has 0 amide bonds. The Balaban J connectivity index is 3.80. The summed E-state index contributed by atoms with van der Waals surface area (Å²) >= 11 is 6.87. The SMILES string of the molecule is CC(=O)C(Br)CS(C)(C)Br. The first-order valence-electron chi connectivity index (χ1n) is 2.88. The van der Waals surface area contributed by atoms with Crippen molar-refractivity contribution >= 4 is 45.0 Å². The molecule has 0 saturated carbocycles. The van der Waals surface area contributed by atoms with E-state index in [1.807, 2.05) is 0 Å². The van der Waals surface area contributed by atoms with Crippen molar-refractivity contribution in [2.45, 2.75) is 11.8 Å². The lowest BCUT2D eigenvalue weighted by Crippen LogP contribution is -2.16. The predicted molar refractivity (Wildman–Crippen MR) is 56.6 cm³/mol. The number of hydrogen-bond donors (Lipinski definition) is 0. The Hall–Kier alpha value is 0.980. The zero-order valence-electron chi connectivity index (χ0n) is 6.36. The molecule has 0 aliphatic heterocycles. The number of alkyl halides is 1. The summed E-state index contributed by atoms with van der Waals surface area (Å²) < 4.78 is 0. The molecule has 1 unspecified atom stereocenters. The van der Waals surface area contributed by atoms with Gasteiger partial charge in [-0.25, -0.2) is 0 Å². The maximum atomic E-state index is 10.8. The Labute approximate surface area is 79.6 Å². The first kappa shape index (κ1) is 11.0. The van der Waals surface area contributed by atoms with Gasteiger partial charge in [-0.15, -0.1) is 0 Å². The molecule has 1 nitrogen and oxygen atoms in total. The van der Waals surface area contributed by atoms with Gasteiger partial charge in [0.25, 0.3) is 0 Å². The molecule has 1 atom stereocenters. The van der Waals surface area contributed by atoms with Crippen LogP contribution in [0.3, 0.4) is 0 Å². The summed E-state index contributed by atoms with van der Waals surface area (Å²) in [6.07, 6.45) is 4.26. The molecule has 0 aliphatic rings. The monoisotopic (exact) mass is 290 g/mol. The predicted octanol–water partition coefficient (Wildman–Crippen LogP) is 2.71. The molecule has 0 bridgehead atoms. The number of rotatable bonds is 3. The number of Topliss-reactive ketones (excluding diaryl/α,β-unsaturated/α-hetero) is 1. The minimum atomic E-state index is -0.724. The Morgan fingerprint density at radius 1 is 1.60 bits per heavy atom. The third kappa shape index (κ3) is 5.74. The Morgan fingerprint density at radius 2 is 2.00 bits per heavy atom. The number of hydrogen-bond acceptors (Lipinski definition) is 1. The number of carbonyl (C=O) groups excluding carboxylic acids is 1. The first-order valence-corrected chi connectivity index (χ1v) is 8.26. The summed E-state index contributed by atoms with van der Waals surface area (Å²) in [6, 6.07) is 0. The van der Waals surface area contributed by atoms with Gasteiger partial charge in [-0.05, 0) is 34.2 Å². The van der Waals surface area contributed by atoms with Gasteiger partial charge in [-0.1, -0.05) is 15.9 Å². The fraction of sp³-hybridized carbons (Fsp3) is 0.833. The van der Waals surface area contributed by atoms with Crippen LogP contribution in [0.25, 0.3) is 0 Å². The zero-order valence-corrected chi connectivity index (χ0v) is 10.3. The van der Waals surface area contributed by atoms with E-state index in [2.05, 4.69) is 43.3 Å². The normalized spacial score (nSPS) is 16.5. The molecule has 0 fully saturated rings. The lowest BCUT2D eigenvalue weighted by Gasteiger charge is -2.24. The van der Waals surface area contributed by atoms with E-state index in [1.165, 1.54) is 0 Å². The van der Waals surface area contributed by atoms with Gasteiger partial charge < -0.3 is 0 Å². The summed E-state index contributed by atoms with van der Waals surface area (Å²) in [4.78, 5) is 10.8. The van der Waals surface area contributed by atoms with E-state index in [-0.39, 0.29) is 10.6 Å². The van der Waals surface area contributed by atoms with Crippen LogP contribution in [0.1, 0.15) is 6.92 Å². The molecule has 0 radical (unpaired) electrons. The molecule has 10 heavy (non-hydrogen) atoms. The molecule has 0 aromatic rings. The van der Waals surface area contributed by atoms with Crippen molar-refractivity contribution in [2.75, 3.05) is 18.3 Å². The van der Waals surface area contributed by atoms with Crippen LogP contribution in [0.2, 0.25) is 0 Å². The quantitative estimate of drug-likeness (QED) is 0.731. The minimum absolute atomic E-state index is 0.0249. The molecule has 4 heteroatoms. The Morgan fingerprint density at radius 3 is 2.10 bits per heavy atom. The summed E-state index contributed by atoms with van der Waals surface area (Å²) in [5.74, 6) is 1.11. The first-order chi connectivity index (χ1) is 4.33. The highest BCUT2D eigenvalue weighted by molar-refractivity contribution is 9.58. The van der Waals surface area contributed by atoms with Gasteiger partial charge >= 0.3 is 0 Å². The lowest BCUT2D eigenvalue weighted by molar-refractivity contribution is -0.116. The van der Waals surface area contributed by atoms with Crippen molar-refractivity contribution in [3.63, 3.8) is 0 Å². The van der Waals surface area contributed by atoms with Crippen LogP contribution in [-0.4, -0.2) is 28.9 Å². The van der Waals surface area contributed by atoms with E-state index < -0.39 is 8.46 Å². The fourth-order valence-electron chi connectivity index (χ4n) is 0.465. The molecule has 0 saturated heterocycles. The van der Waals surface area contributed by atoms with Crippen LogP contribution >= 0.6 is 39.2 Å². The summed E-state index contributed by atoms with van der Waals surface area (Å²) in [5.41, 5.74) is 0. The average Bonchev–Trinajstić information content (AvgIpc) is 1.60. The maximum absolute atomic E-state index is 10.8. The van der Waals surface area contributed by atoms with Crippen LogP contribution in [0.4, 0.5) is 0 Å². The highest BCUT2D eigenvalue weighted by Crippen LogP contribution is 2.49. The van der Waals surface area contributed by atoms with Gasteiger partial charge in [0.2, 0.25) is 0 Å². The van der Waals surface area contributed by atoms with Crippen molar-refractivity contribution in [3.8, 4) is 0 Å². The second-order valence-electron chi connectivity index (χ2n) is 2.65.